The third kappa shape index (κ3) is 4.70. The van der Waals surface area contributed by atoms with Crippen molar-refractivity contribution in [2.24, 2.45) is 0 Å². The van der Waals surface area contributed by atoms with E-state index in [-0.39, 0.29) is 5.92 Å². The van der Waals surface area contributed by atoms with E-state index >= 15 is 0 Å². The fraction of sp³-hybridized carbons (Fsp3) is 0.500. The van der Waals surface area contributed by atoms with E-state index < -0.39 is 17.3 Å². The van der Waals surface area contributed by atoms with Gasteiger partial charge in [0.15, 0.2) is 0 Å². The lowest BCUT2D eigenvalue weighted by Gasteiger charge is -2.11. The van der Waals surface area contributed by atoms with Gasteiger partial charge in [0.05, 0.1) is 5.01 Å². The molecule has 2 N–H and O–H groups in total. The smallest absolute Gasteiger partial charge is 0.321 e. The van der Waals surface area contributed by atoms with Crippen molar-refractivity contribution < 1.29 is 9.59 Å². The number of halogens is 1. The fourth-order valence-corrected chi connectivity index (χ4v) is 1.82. The van der Waals surface area contributed by atoms with E-state index in [0.29, 0.717) is 6.54 Å². The van der Waals surface area contributed by atoms with Gasteiger partial charge in [0.1, 0.15) is 5.38 Å². The molecule has 0 spiro atoms. The summed E-state index contributed by atoms with van der Waals surface area (Å²) in [7, 11) is 0. The van der Waals surface area contributed by atoms with Crippen molar-refractivity contribution in [2.75, 3.05) is 6.54 Å². The number of thiazole rings is 1. The van der Waals surface area contributed by atoms with E-state index in [2.05, 4.69) is 15.6 Å². The molecule has 0 aliphatic heterocycles. The second-order valence-electron chi connectivity index (χ2n) is 3.59. The zero-order valence-corrected chi connectivity index (χ0v) is 11.1. The molecule has 2 unspecified atom stereocenters. The molecule has 94 valence electrons. The molecule has 0 saturated carbocycles. The molecule has 0 saturated heterocycles. The lowest BCUT2D eigenvalue weighted by molar-refractivity contribution is -0.119. The van der Waals surface area contributed by atoms with Gasteiger partial charge >= 0.3 is 6.03 Å². The molecule has 5 nitrogen and oxygen atoms in total. The summed E-state index contributed by atoms with van der Waals surface area (Å²) >= 11 is 7.05. The van der Waals surface area contributed by atoms with Gasteiger partial charge in [-0.25, -0.2) is 9.78 Å². The molecular weight excluding hydrogens is 262 g/mol. The summed E-state index contributed by atoms with van der Waals surface area (Å²) in [5.41, 5.74) is 0. The van der Waals surface area contributed by atoms with Gasteiger partial charge in [-0.2, -0.15) is 0 Å². The number of carbonyl (C=O) groups is 2. The third-order valence-corrected chi connectivity index (χ3v) is 3.25. The summed E-state index contributed by atoms with van der Waals surface area (Å²) in [6.45, 7) is 3.87. The maximum atomic E-state index is 11.3. The number of urea groups is 1. The summed E-state index contributed by atoms with van der Waals surface area (Å²) < 4.78 is 0. The molecule has 0 fully saturated rings. The highest BCUT2D eigenvalue weighted by atomic mass is 35.5. The highest BCUT2D eigenvalue weighted by Gasteiger charge is 2.14. The minimum Gasteiger partial charge on any atom is -0.337 e. The molecule has 0 radical (unpaired) electrons. The van der Waals surface area contributed by atoms with Crippen LogP contribution in [0.5, 0.6) is 0 Å². The largest absolute Gasteiger partial charge is 0.337 e. The number of hydrogen-bond donors (Lipinski definition) is 2. The normalized spacial score (nSPS) is 13.8. The Morgan fingerprint density at radius 2 is 2.24 bits per heavy atom. The summed E-state index contributed by atoms with van der Waals surface area (Å²) in [4.78, 5) is 26.6. The topological polar surface area (TPSA) is 71.1 Å². The van der Waals surface area contributed by atoms with E-state index in [4.69, 9.17) is 11.6 Å². The monoisotopic (exact) mass is 275 g/mol. The molecule has 0 aliphatic rings. The van der Waals surface area contributed by atoms with Crippen molar-refractivity contribution in [3.63, 3.8) is 0 Å². The Labute approximate surface area is 109 Å². The first-order valence-electron chi connectivity index (χ1n) is 5.13. The maximum absolute atomic E-state index is 11.3. The molecule has 1 aromatic rings. The highest BCUT2D eigenvalue weighted by Crippen LogP contribution is 2.16. The Morgan fingerprint density at radius 1 is 1.53 bits per heavy atom. The first kappa shape index (κ1) is 13.9. The number of imide groups is 1. The van der Waals surface area contributed by atoms with Crippen molar-refractivity contribution in [3.8, 4) is 0 Å². The van der Waals surface area contributed by atoms with E-state index in [0.717, 1.165) is 5.01 Å². The Balaban J connectivity index is 2.31. The van der Waals surface area contributed by atoms with Crippen LogP contribution in [0.2, 0.25) is 0 Å². The van der Waals surface area contributed by atoms with Crippen molar-refractivity contribution in [2.45, 2.75) is 25.1 Å². The van der Waals surface area contributed by atoms with Crippen LogP contribution in [0.4, 0.5) is 4.79 Å². The van der Waals surface area contributed by atoms with Crippen molar-refractivity contribution >= 4 is 34.9 Å². The molecule has 17 heavy (non-hydrogen) atoms. The summed E-state index contributed by atoms with van der Waals surface area (Å²) in [5.74, 6) is -0.393. The van der Waals surface area contributed by atoms with Gasteiger partial charge in [0.2, 0.25) is 5.91 Å². The molecule has 0 aliphatic carbocycles. The van der Waals surface area contributed by atoms with Gasteiger partial charge in [0.25, 0.3) is 0 Å². The number of aromatic nitrogens is 1. The van der Waals surface area contributed by atoms with Gasteiger partial charge in [-0.05, 0) is 6.92 Å². The third-order valence-electron chi connectivity index (χ3n) is 2.04. The molecule has 7 heteroatoms. The Kier molecular flexibility index (Phi) is 5.37. The molecular formula is C10H14ClN3O2S. The standard InChI is InChI=1S/C10H14ClN3O2S/c1-6(9-12-3-4-17-9)5-13-10(16)14-8(15)7(2)11/h3-4,6-7H,5H2,1-2H3,(H2,13,14,15,16). The van der Waals surface area contributed by atoms with Crippen molar-refractivity contribution in [1.29, 1.82) is 0 Å². The van der Waals surface area contributed by atoms with Crippen LogP contribution in [0.3, 0.4) is 0 Å². The van der Waals surface area contributed by atoms with E-state index in [9.17, 15) is 9.59 Å². The summed E-state index contributed by atoms with van der Waals surface area (Å²) in [5, 5.41) is 6.84. The molecule has 1 rings (SSSR count). The average molecular weight is 276 g/mol. The first-order valence-corrected chi connectivity index (χ1v) is 6.44. The number of amides is 3. The van der Waals surface area contributed by atoms with Gasteiger partial charge in [-0.15, -0.1) is 22.9 Å². The molecule has 1 heterocycles. The van der Waals surface area contributed by atoms with Gasteiger partial charge in [0, 0.05) is 24.0 Å². The summed E-state index contributed by atoms with van der Waals surface area (Å²) in [6, 6.07) is -0.536. The van der Waals surface area contributed by atoms with Crippen LogP contribution in [0.25, 0.3) is 0 Å². The van der Waals surface area contributed by atoms with Gasteiger partial charge < -0.3 is 5.32 Å². The second-order valence-corrected chi connectivity index (χ2v) is 5.17. The SMILES string of the molecule is CC(Cl)C(=O)NC(=O)NCC(C)c1nccs1. The number of nitrogens with one attached hydrogen (secondary N) is 2. The fourth-order valence-electron chi connectivity index (χ4n) is 1.07. The number of alkyl halides is 1. The quantitative estimate of drug-likeness (QED) is 0.822. The predicted octanol–water partition coefficient (Wildman–Crippen LogP) is 1.70. The zero-order chi connectivity index (χ0) is 12.8. The molecule has 0 aromatic carbocycles. The van der Waals surface area contributed by atoms with Crippen molar-refractivity contribution in [1.82, 2.24) is 15.6 Å². The lowest BCUT2D eigenvalue weighted by Crippen LogP contribution is -2.43. The van der Waals surface area contributed by atoms with Crippen LogP contribution in [-0.2, 0) is 4.79 Å². The van der Waals surface area contributed by atoms with Crippen LogP contribution in [0.1, 0.15) is 24.8 Å². The van der Waals surface area contributed by atoms with E-state index in [1.54, 1.807) is 6.20 Å². The van der Waals surface area contributed by atoms with E-state index in [1.807, 2.05) is 12.3 Å². The number of nitrogens with zero attached hydrogens (tertiary/aromatic N) is 1. The van der Waals surface area contributed by atoms with Crippen LogP contribution >= 0.6 is 22.9 Å². The minimum absolute atomic E-state index is 0.115. The molecule has 0 bridgehead atoms. The zero-order valence-electron chi connectivity index (χ0n) is 9.57. The van der Waals surface area contributed by atoms with Gasteiger partial charge in [-0.3, -0.25) is 10.1 Å². The number of carbonyl (C=O) groups excluding carboxylic acids is 2. The van der Waals surface area contributed by atoms with Crippen molar-refractivity contribution in [3.05, 3.63) is 16.6 Å². The Morgan fingerprint density at radius 3 is 2.76 bits per heavy atom. The van der Waals surface area contributed by atoms with Crippen LogP contribution < -0.4 is 10.6 Å². The lowest BCUT2D eigenvalue weighted by atomic mass is 10.2. The minimum atomic E-state index is -0.725. The molecule has 1 aromatic heterocycles. The van der Waals surface area contributed by atoms with Crippen LogP contribution in [0.15, 0.2) is 11.6 Å². The number of hydrogen-bond acceptors (Lipinski definition) is 4. The first-order chi connectivity index (χ1) is 8.00. The molecule has 3 amide bonds. The van der Waals surface area contributed by atoms with Crippen LogP contribution in [-0.4, -0.2) is 28.8 Å². The average Bonchev–Trinajstić information content (AvgIpc) is 2.79. The predicted molar refractivity (Wildman–Crippen MR) is 67.4 cm³/mol. The van der Waals surface area contributed by atoms with Crippen LogP contribution in [0, 0.1) is 0 Å². The second kappa shape index (κ2) is 6.56. The number of rotatable bonds is 4. The highest BCUT2D eigenvalue weighted by molar-refractivity contribution is 7.09. The van der Waals surface area contributed by atoms with E-state index in [1.165, 1.54) is 18.3 Å². The van der Waals surface area contributed by atoms with Gasteiger partial charge in [-0.1, -0.05) is 6.92 Å². The Bertz CT molecular complexity index is 381. The summed E-state index contributed by atoms with van der Waals surface area (Å²) in [6.07, 6.45) is 1.72. The Hall–Kier alpha value is -1.14. The molecule has 2 atom stereocenters. The maximum Gasteiger partial charge on any atom is 0.321 e.